The van der Waals surface area contributed by atoms with E-state index in [4.69, 9.17) is 0 Å². The number of carbonyl (C=O) groups is 2. The fourth-order valence-electron chi connectivity index (χ4n) is 1.77. The molecule has 7 heteroatoms. The van der Waals surface area contributed by atoms with Gasteiger partial charge >= 0.3 is 18.0 Å². The van der Waals surface area contributed by atoms with Crippen LogP contribution in [0.4, 0.5) is 13.6 Å². The van der Waals surface area contributed by atoms with Crippen molar-refractivity contribution in [3.8, 4) is 0 Å². The standard InChI is InChI=1S/C12H11F2NO4/c1-18-10(16)8-4-2-7(3-5-8)9-12(13,14)6-19-11(17)15-9/h2-5,9H,6H2,1H3,(H,15,17)/t9-/m1/s1. The average Bonchev–Trinajstić information content (AvgIpc) is 2.41. The fourth-order valence-corrected chi connectivity index (χ4v) is 1.77. The molecule has 0 aromatic heterocycles. The van der Waals surface area contributed by atoms with Crippen LogP contribution >= 0.6 is 0 Å². The monoisotopic (exact) mass is 271 g/mol. The third-order valence-electron chi connectivity index (χ3n) is 2.75. The van der Waals surface area contributed by atoms with E-state index in [1.165, 1.54) is 31.4 Å². The molecule has 5 nitrogen and oxygen atoms in total. The first-order valence-corrected chi connectivity index (χ1v) is 5.43. The lowest BCUT2D eigenvalue weighted by atomic mass is 9.99. The normalized spacial score (nSPS) is 21.2. The number of hydrogen-bond donors (Lipinski definition) is 1. The molecule has 1 fully saturated rings. The topological polar surface area (TPSA) is 64.6 Å². The number of methoxy groups -OCH3 is 1. The van der Waals surface area contributed by atoms with Crippen molar-refractivity contribution in [3.05, 3.63) is 35.4 Å². The summed E-state index contributed by atoms with van der Waals surface area (Å²) in [6, 6.07) is 3.94. The predicted molar refractivity (Wildman–Crippen MR) is 60.0 cm³/mol. The van der Waals surface area contributed by atoms with E-state index in [1.54, 1.807) is 0 Å². The molecule has 2 rings (SSSR count). The molecule has 1 aromatic carbocycles. The largest absolute Gasteiger partial charge is 0.465 e. The molecule has 1 heterocycles. The molecule has 0 spiro atoms. The molecular weight excluding hydrogens is 260 g/mol. The molecule has 1 saturated heterocycles. The highest BCUT2D eigenvalue weighted by Crippen LogP contribution is 2.34. The Bertz CT molecular complexity index is 501. The molecule has 0 radical (unpaired) electrons. The lowest BCUT2D eigenvalue weighted by Crippen LogP contribution is -2.49. The van der Waals surface area contributed by atoms with Gasteiger partial charge in [0.25, 0.3) is 0 Å². The molecule has 0 saturated carbocycles. The van der Waals surface area contributed by atoms with Crippen molar-refractivity contribution >= 4 is 12.1 Å². The Balaban J connectivity index is 2.25. The zero-order valence-electron chi connectivity index (χ0n) is 9.98. The second-order valence-electron chi connectivity index (χ2n) is 4.03. The molecule has 1 atom stereocenters. The molecule has 1 aromatic rings. The summed E-state index contributed by atoms with van der Waals surface area (Å²) in [4.78, 5) is 22.2. The van der Waals surface area contributed by atoms with Gasteiger partial charge in [-0.3, -0.25) is 0 Å². The molecule has 0 aliphatic carbocycles. The van der Waals surface area contributed by atoms with Gasteiger partial charge in [-0.2, -0.15) is 0 Å². The Labute approximate surface area is 107 Å². The van der Waals surface area contributed by atoms with Crippen LogP contribution in [0.2, 0.25) is 0 Å². The number of halogens is 2. The summed E-state index contributed by atoms with van der Waals surface area (Å²) in [6.07, 6.45) is -0.895. The number of alkyl halides is 2. The highest BCUT2D eigenvalue weighted by molar-refractivity contribution is 5.89. The van der Waals surface area contributed by atoms with E-state index in [1.807, 2.05) is 0 Å². The number of rotatable bonds is 2. The van der Waals surface area contributed by atoms with Gasteiger partial charge in [-0.05, 0) is 17.7 Å². The van der Waals surface area contributed by atoms with Crippen LogP contribution in [0.1, 0.15) is 22.0 Å². The van der Waals surface area contributed by atoms with Gasteiger partial charge in [0.15, 0.2) is 6.61 Å². The first-order chi connectivity index (χ1) is 8.94. The van der Waals surface area contributed by atoms with Gasteiger partial charge < -0.3 is 14.8 Å². The molecule has 0 bridgehead atoms. The first-order valence-electron chi connectivity index (χ1n) is 5.43. The minimum absolute atomic E-state index is 0.189. The summed E-state index contributed by atoms with van der Waals surface area (Å²) in [6.45, 7) is -0.970. The second-order valence-corrected chi connectivity index (χ2v) is 4.03. The quantitative estimate of drug-likeness (QED) is 0.834. The number of nitrogens with one attached hydrogen (secondary N) is 1. The summed E-state index contributed by atoms with van der Waals surface area (Å²) in [5, 5.41) is 2.06. The van der Waals surface area contributed by atoms with Crippen LogP contribution in [0.15, 0.2) is 24.3 Å². The number of benzene rings is 1. The van der Waals surface area contributed by atoms with Crippen LogP contribution < -0.4 is 5.32 Å². The maximum atomic E-state index is 13.6. The Hall–Kier alpha value is -2.18. The SMILES string of the molecule is COC(=O)c1ccc([C@H]2NC(=O)OCC2(F)F)cc1. The Morgan fingerprint density at radius 1 is 1.42 bits per heavy atom. The summed E-state index contributed by atoms with van der Waals surface area (Å²) < 4.78 is 36.0. The van der Waals surface area contributed by atoms with Crippen molar-refractivity contribution < 1.29 is 27.8 Å². The van der Waals surface area contributed by atoms with E-state index in [0.29, 0.717) is 0 Å². The van der Waals surface area contributed by atoms with Crippen LogP contribution in [0.25, 0.3) is 0 Å². The average molecular weight is 271 g/mol. The number of hydrogen-bond acceptors (Lipinski definition) is 4. The zero-order chi connectivity index (χ0) is 14.0. The molecule has 1 aliphatic rings. The van der Waals surface area contributed by atoms with E-state index in [-0.39, 0.29) is 11.1 Å². The Morgan fingerprint density at radius 3 is 2.63 bits per heavy atom. The first kappa shape index (κ1) is 13.3. The predicted octanol–water partition coefficient (Wildman–Crippen LogP) is 1.89. The van der Waals surface area contributed by atoms with Gasteiger partial charge in [-0.15, -0.1) is 0 Å². The van der Waals surface area contributed by atoms with Crippen LogP contribution in [-0.4, -0.2) is 31.7 Å². The maximum absolute atomic E-state index is 13.6. The summed E-state index contributed by atoms with van der Waals surface area (Å²) in [7, 11) is 1.23. The number of esters is 1. The molecule has 1 aliphatic heterocycles. The fraction of sp³-hybridized carbons (Fsp3) is 0.333. The van der Waals surface area contributed by atoms with Gasteiger partial charge in [-0.1, -0.05) is 12.1 Å². The molecule has 19 heavy (non-hydrogen) atoms. The molecule has 0 unspecified atom stereocenters. The van der Waals surface area contributed by atoms with E-state index >= 15 is 0 Å². The lowest BCUT2D eigenvalue weighted by Gasteiger charge is -2.31. The summed E-state index contributed by atoms with van der Waals surface area (Å²) in [5.41, 5.74) is 0.433. The number of amides is 1. The number of cyclic esters (lactones) is 1. The molecule has 102 valence electrons. The highest BCUT2D eigenvalue weighted by atomic mass is 19.3. The lowest BCUT2D eigenvalue weighted by molar-refractivity contribution is -0.104. The van der Waals surface area contributed by atoms with Crippen LogP contribution in [-0.2, 0) is 9.47 Å². The van der Waals surface area contributed by atoms with E-state index in [2.05, 4.69) is 14.8 Å². The van der Waals surface area contributed by atoms with Crippen LogP contribution in [0.5, 0.6) is 0 Å². The van der Waals surface area contributed by atoms with Crippen molar-refractivity contribution in [3.63, 3.8) is 0 Å². The molecular formula is C12H11F2NO4. The van der Waals surface area contributed by atoms with Crippen LogP contribution in [0, 0.1) is 0 Å². The third kappa shape index (κ3) is 2.64. The van der Waals surface area contributed by atoms with Gasteiger partial charge in [0.1, 0.15) is 6.04 Å². The van der Waals surface area contributed by atoms with E-state index in [0.717, 1.165) is 0 Å². The third-order valence-corrected chi connectivity index (χ3v) is 2.75. The number of carbonyl (C=O) groups excluding carboxylic acids is 2. The van der Waals surface area contributed by atoms with Gasteiger partial charge in [0.05, 0.1) is 12.7 Å². The van der Waals surface area contributed by atoms with Gasteiger partial charge in [0.2, 0.25) is 0 Å². The van der Waals surface area contributed by atoms with Gasteiger partial charge in [-0.25, -0.2) is 18.4 Å². The van der Waals surface area contributed by atoms with Crippen LogP contribution in [0.3, 0.4) is 0 Å². The number of ether oxygens (including phenoxy) is 2. The summed E-state index contributed by atoms with van der Waals surface area (Å²) in [5.74, 6) is -3.77. The number of alkyl carbamates (subject to hydrolysis) is 1. The van der Waals surface area contributed by atoms with Crippen molar-refractivity contribution in [2.24, 2.45) is 0 Å². The Morgan fingerprint density at radius 2 is 2.05 bits per heavy atom. The molecule has 1 amide bonds. The summed E-state index contributed by atoms with van der Waals surface area (Å²) >= 11 is 0. The second kappa shape index (κ2) is 4.83. The minimum Gasteiger partial charge on any atom is -0.465 e. The molecule has 1 N–H and O–H groups in total. The zero-order valence-corrected chi connectivity index (χ0v) is 9.98. The van der Waals surface area contributed by atoms with Gasteiger partial charge in [0, 0.05) is 0 Å². The Kier molecular flexibility index (Phi) is 3.37. The maximum Gasteiger partial charge on any atom is 0.408 e. The van der Waals surface area contributed by atoms with E-state index in [9.17, 15) is 18.4 Å². The highest BCUT2D eigenvalue weighted by Gasteiger charge is 2.46. The van der Waals surface area contributed by atoms with Crippen molar-refractivity contribution in [2.45, 2.75) is 12.0 Å². The van der Waals surface area contributed by atoms with E-state index < -0.39 is 30.6 Å². The minimum atomic E-state index is -3.21. The smallest absolute Gasteiger partial charge is 0.408 e. The van der Waals surface area contributed by atoms with Crippen molar-refractivity contribution in [2.75, 3.05) is 13.7 Å². The van der Waals surface area contributed by atoms with Crippen molar-refractivity contribution in [1.82, 2.24) is 5.32 Å². The van der Waals surface area contributed by atoms with Crippen molar-refractivity contribution in [1.29, 1.82) is 0 Å².